The number of hydrogen-bond acceptors (Lipinski definition) is 3. The number of furan rings is 1. The van der Waals surface area contributed by atoms with E-state index in [-0.39, 0.29) is 18.1 Å². The molecule has 92 valence electrons. The standard InChI is InChI=1S/C13H11FN2O2/c14-12-3-1-10(2-4-12)7-13(17)16-15-8-11-5-6-18-9-11/h1-6,8-9H,7H2,(H,16,17)/b15-8+. The molecule has 0 saturated heterocycles. The molecule has 1 amide bonds. The number of rotatable bonds is 4. The molecule has 0 saturated carbocycles. The minimum Gasteiger partial charge on any atom is -0.472 e. The van der Waals surface area contributed by atoms with Crippen LogP contribution < -0.4 is 5.43 Å². The molecule has 1 heterocycles. The van der Waals surface area contributed by atoms with Crippen molar-refractivity contribution in [2.75, 3.05) is 0 Å². The summed E-state index contributed by atoms with van der Waals surface area (Å²) in [4.78, 5) is 11.5. The number of halogens is 1. The smallest absolute Gasteiger partial charge is 0.244 e. The van der Waals surface area contributed by atoms with E-state index in [0.29, 0.717) is 0 Å². The van der Waals surface area contributed by atoms with Gasteiger partial charge in [-0.1, -0.05) is 12.1 Å². The first-order valence-electron chi connectivity index (χ1n) is 5.32. The van der Waals surface area contributed by atoms with Crippen molar-refractivity contribution < 1.29 is 13.6 Å². The van der Waals surface area contributed by atoms with Crippen LogP contribution in [0.25, 0.3) is 0 Å². The van der Waals surface area contributed by atoms with E-state index in [1.54, 1.807) is 18.2 Å². The third kappa shape index (κ3) is 3.55. The summed E-state index contributed by atoms with van der Waals surface area (Å²) in [6, 6.07) is 7.48. The van der Waals surface area contributed by atoms with Crippen LogP contribution in [-0.2, 0) is 11.2 Å². The monoisotopic (exact) mass is 246 g/mol. The molecule has 0 aliphatic heterocycles. The average Bonchev–Trinajstić information content (AvgIpc) is 2.85. The van der Waals surface area contributed by atoms with Crippen LogP contribution in [0.15, 0.2) is 52.4 Å². The summed E-state index contributed by atoms with van der Waals surface area (Å²) in [6.45, 7) is 0. The van der Waals surface area contributed by atoms with E-state index in [9.17, 15) is 9.18 Å². The normalized spacial score (nSPS) is 10.7. The predicted molar refractivity (Wildman–Crippen MR) is 64.5 cm³/mol. The molecule has 1 aromatic carbocycles. The highest BCUT2D eigenvalue weighted by Crippen LogP contribution is 2.03. The maximum atomic E-state index is 12.7. The number of hydrazone groups is 1. The van der Waals surface area contributed by atoms with Crippen LogP contribution in [0.5, 0.6) is 0 Å². The van der Waals surface area contributed by atoms with Gasteiger partial charge in [0.25, 0.3) is 0 Å². The number of amides is 1. The lowest BCUT2D eigenvalue weighted by Crippen LogP contribution is -2.19. The molecular weight excluding hydrogens is 235 g/mol. The molecule has 4 nitrogen and oxygen atoms in total. The third-order valence-electron chi connectivity index (χ3n) is 2.22. The molecule has 1 aromatic heterocycles. The Morgan fingerprint density at radius 1 is 1.33 bits per heavy atom. The summed E-state index contributed by atoms with van der Waals surface area (Å²) in [5.41, 5.74) is 3.87. The number of benzene rings is 1. The highest BCUT2D eigenvalue weighted by Gasteiger charge is 2.01. The first-order chi connectivity index (χ1) is 8.74. The average molecular weight is 246 g/mol. The van der Waals surface area contributed by atoms with Gasteiger partial charge in [-0.05, 0) is 23.8 Å². The van der Waals surface area contributed by atoms with E-state index in [1.165, 1.54) is 30.9 Å². The predicted octanol–water partition coefficient (Wildman–Crippen LogP) is 2.11. The zero-order chi connectivity index (χ0) is 12.8. The van der Waals surface area contributed by atoms with Crippen molar-refractivity contribution >= 4 is 12.1 Å². The number of carbonyl (C=O) groups is 1. The van der Waals surface area contributed by atoms with Gasteiger partial charge in [0.1, 0.15) is 5.82 Å². The Kier molecular flexibility index (Phi) is 3.86. The van der Waals surface area contributed by atoms with E-state index in [2.05, 4.69) is 10.5 Å². The van der Waals surface area contributed by atoms with Crippen LogP contribution in [0, 0.1) is 5.82 Å². The van der Waals surface area contributed by atoms with Crippen molar-refractivity contribution in [2.24, 2.45) is 5.10 Å². The van der Waals surface area contributed by atoms with Crippen molar-refractivity contribution in [1.82, 2.24) is 5.43 Å². The second kappa shape index (κ2) is 5.77. The van der Waals surface area contributed by atoms with Crippen molar-refractivity contribution in [2.45, 2.75) is 6.42 Å². The minimum absolute atomic E-state index is 0.156. The molecule has 0 atom stereocenters. The fraction of sp³-hybridized carbons (Fsp3) is 0.0769. The molecule has 18 heavy (non-hydrogen) atoms. The Balaban J connectivity index is 1.84. The zero-order valence-corrected chi connectivity index (χ0v) is 9.47. The molecule has 2 rings (SSSR count). The van der Waals surface area contributed by atoms with Gasteiger partial charge < -0.3 is 4.42 Å². The first kappa shape index (κ1) is 12.0. The van der Waals surface area contributed by atoms with Crippen LogP contribution in [0.1, 0.15) is 11.1 Å². The fourth-order valence-corrected chi connectivity index (χ4v) is 1.35. The maximum absolute atomic E-state index is 12.7. The fourth-order valence-electron chi connectivity index (χ4n) is 1.35. The number of nitrogens with zero attached hydrogens (tertiary/aromatic N) is 1. The number of nitrogens with one attached hydrogen (secondary N) is 1. The number of hydrogen-bond donors (Lipinski definition) is 1. The lowest BCUT2D eigenvalue weighted by Gasteiger charge is -1.99. The Morgan fingerprint density at radius 3 is 2.78 bits per heavy atom. The highest BCUT2D eigenvalue weighted by atomic mass is 19.1. The first-order valence-corrected chi connectivity index (χ1v) is 5.32. The quantitative estimate of drug-likeness (QED) is 0.663. The van der Waals surface area contributed by atoms with Crippen LogP contribution in [0.3, 0.4) is 0 Å². The lowest BCUT2D eigenvalue weighted by atomic mass is 10.1. The van der Waals surface area contributed by atoms with E-state index >= 15 is 0 Å². The molecule has 1 N–H and O–H groups in total. The summed E-state index contributed by atoms with van der Waals surface area (Å²) >= 11 is 0. The van der Waals surface area contributed by atoms with E-state index in [1.807, 2.05) is 0 Å². The van der Waals surface area contributed by atoms with Gasteiger partial charge in [0.05, 0.1) is 25.2 Å². The molecule has 5 heteroatoms. The van der Waals surface area contributed by atoms with Crippen molar-refractivity contribution in [3.8, 4) is 0 Å². The van der Waals surface area contributed by atoms with E-state index < -0.39 is 0 Å². The van der Waals surface area contributed by atoms with E-state index in [4.69, 9.17) is 4.42 Å². The summed E-state index contributed by atoms with van der Waals surface area (Å²) in [7, 11) is 0. The molecular formula is C13H11FN2O2. The van der Waals surface area contributed by atoms with Gasteiger partial charge >= 0.3 is 0 Å². The van der Waals surface area contributed by atoms with E-state index in [0.717, 1.165) is 11.1 Å². The van der Waals surface area contributed by atoms with Crippen molar-refractivity contribution in [3.63, 3.8) is 0 Å². The highest BCUT2D eigenvalue weighted by molar-refractivity contribution is 5.82. The van der Waals surface area contributed by atoms with Crippen LogP contribution >= 0.6 is 0 Å². The van der Waals surface area contributed by atoms with Gasteiger partial charge in [-0.3, -0.25) is 4.79 Å². The lowest BCUT2D eigenvalue weighted by molar-refractivity contribution is -0.120. The van der Waals surface area contributed by atoms with Gasteiger partial charge in [-0.15, -0.1) is 0 Å². The van der Waals surface area contributed by atoms with Gasteiger partial charge in [0.2, 0.25) is 5.91 Å². The summed E-state index contributed by atoms with van der Waals surface area (Å²) < 4.78 is 17.5. The molecule has 2 aromatic rings. The molecule has 0 spiro atoms. The Hall–Kier alpha value is -2.43. The van der Waals surface area contributed by atoms with Crippen molar-refractivity contribution in [3.05, 3.63) is 59.8 Å². The van der Waals surface area contributed by atoms with Gasteiger partial charge in [0, 0.05) is 5.56 Å². The van der Waals surface area contributed by atoms with Crippen LogP contribution in [0.4, 0.5) is 4.39 Å². The minimum atomic E-state index is -0.322. The third-order valence-corrected chi connectivity index (χ3v) is 2.22. The number of carbonyl (C=O) groups excluding carboxylic acids is 1. The summed E-state index contributed by atoms with van der Waals surface area (Å²) in [6.07, 6.45) is 4.66. The van der Waals surface area contributed by atoms with Gasteiger partial charge in [-0.2, -0.15) is 5.10 Å². The molecule has 0 fully saturated rings. The topological polar surface area (TPSA) is 54.6 Å². The Bertz CT molecular complexity index is 533. The maximum Gasteiger partial charge on any atom is 0.244 e. The van der Waals surface area contributed by atoms with Crippen molar-refractivity contribution in [1.29, 1.82) is 0 Å². The SMILES string of the molecule is O=C(Cc1ccc(F)cc1)N/N=C/c1ccoc1. The molecule has 0 aliphatic carbocycles. The van der Waals surface area contributed by atoms with Gasteiger partial charge in [0.15, 0.2) is 0 Å². The largest absolute Gasteiger partial charge is 0.472 e. The Morgan fingerprint density at radius 2 is 2.11 bits per heavy atom. The molecule has 0 bridgehead atoms. The van der Waals surface area contributed by atoms with Crippen LogP contribution in [-0.4, -0.2) is 12.1 Å². The second-order valence-electron chi connectivity index (χ2n) is 3.65. The molecule has 0 unspecified atom stereocenters. The zero-order valence-electron chi connectivity index (χ0n) is 9.47. The molecule has 0 radical (unpaired) electrons. The summed E-state index contributed by atoms with van der Waals surface area (Å²) in [5, 5.41) is 3.77. The Labute approximate surface area is 103 Å². The summed E-state index contributed by atoms with van der Waals surface area (Å²) in [5.74, 6) is -0.585. The van der Waals surface area contributed by atoms with Gasteiger partial charge in [-0.25, -0.2) is 9.82 Å². The molecule has 0 aliphatic rings. The second-order valence-corrected chi connectivity index (χ2v) is 3.65. The van der Waals surface area contributed by atoms with Crippen LogP contribution in [0.2, 0.25) is 0 Å².